The van der Waals surface area contributed by atoms with Gasteiger partial charge in [0, 0.05) is 38.1 Å². The van der Waals surface area contributed by atoms with Crippen LogP contribution in [0.15, 0.2) is 47.6 Å². The van der Waals surface area contributed by atoms with E-state index in [1.165, 1.54) is 24.3 Å². The van der Waals surface area contributed by atoms with Crippen LogP contribution in [0, 0.1) is 0 Å². The SMILES string of the molecule is CCN1CCN(c2cc(CN=C(N)Nc3ccc(OC(F)(F)F)cc3)ccn2)CC1. The Morgan fingerprint density at radius 3 is 2.50 bits per heavy atom. The number of hydrogen-bond acceptors (Lipinski definition) is 5. The molecule has 0 unspecified atom stereocenters. The van der Waals surface area contributed by atoms with Crippen LogP contribution in [0.2, 0.25) is 0 Å². The van der Waals surface area contributed by atoms with E-state index in [1.807, 2.05) is 12.1 Å². The molecule has 0 aliphatic carbocycles. The lowest BCUT2D eigenvalue weighted by molar-refractivity contribution is -0.274. The second-order valence-electron chi connectivity index (χ2n) is 6.84. The predicted octanol–water partition coefficient (Wildman–Crippen LogP) is 3.05. The second-order valence-corrected chi connectivity index (χ2v) is 6.84. The van der Waals surface area contributed by atoms with Crippen LogP contribution in [0.1, 0.15) is 12.5 Å². The molecular weight excluding hydrogens is 397 g/mol. The highest BCUT2D eigenvalue weighted by atomic mass is 19.4. The zero-order valence-electron chi connectivity index (χ0n) is 16.7. The van der Waals surface area contributed by atoms with Gasteiger partial charge in [-0.1, -0.05) is 6.92 Å². The first kappa shape index (κ1) is 21.7. The summed E-state index contributed by atoms with van der Waals surface area (Å²) in [4.78, 5) is 13.4. The van der Waals surface area contributed by atoms with E-state index >= 15 is 0 Å². The number of ether oxygens (including phenoxy) is 1. The van der Waals surface area contributed by atoms with E-state index in [0.717, 1.165) is 44.1 Å². The van der Waals surface area contributed by atoms with E-state index in [9.17, 15) is 13.2 Å². The molecule has 1 aliphatic rings. The van der Waals surface area contributed by atoms with Crippen molar-refractivity contribution in [3.8, 4) is 5.75 Å². The third kappa shape index (κ3) is 6.51. The van der Waals surface area contributed by atoms with Crippen molar-refractivity contribution in [2.45, 2.75) is 19.8 Å². The summed E-state index contributed by atoms with van der Waals surface area (Å²) in [5.74, 6) is 0.785. The van der Waals surface area contributed by atoms with Crippen LogP contribution in [0.3, 0.4) is 0 Å². The summed E-state index contributed by atoms with van der Waals surface area (Å²) in [7, 11) is 0. The number of aliphatic imine (C=N–C) groups is 1. The first-order valence-corrected chi connectivity index (χ1v) is 9.67. The Hall–Kier alpha value is -3.01. The van der Waals surface area contributed by atoms with E-state index in [4.69, 9.17) is 5.73 Å². The molecule has 0 spiro atoms. The summed E-state index contributed by atoms with van der Waals surface area (Å²) in [6.45, 7) is 7.49. The standard InChI is InChI=1S/C20H25F3N6O/c1-2-28-9-11-29(12-10-28)18-13-15(7-8-25-18)14-26-19(24)27-16-3-5-17(6-4-16)30-20(21,22)23/h3-8,13H,2,9-12,14H2,1H3,(H3,24,26,27). The van der Waals surface area contributed by atoms with Crippen LogP contribution in [-0.4, -0.2) is 54.9 Å². The topological polar surface area (TPSA) is 79.0 Å². The molecule has 1 saturated heterocycles. The maximum Gasteiger partial charge on any atom is 0.573 e. The highest BCUT2D eigenvalue weighted by Gasteiger charge is 2.30. The van der Waals surface area contributed by atoms with Gasteiger partial charge in [0.15, 0.2) is 5.96 Å². The van der Waals surface area contributed by atoms with Crippen molar-refractivity contribution in [2.24, 2.45) is 10.7 Å². The van der Waals surface area contributed by atoms with E-state index in [0.29, 0.717) is 12.2 Å². The van der Waals surface area contributed by atoms with Gasteiger partial charge in [-0.2, -0.15) is 0 Å². The number of likely N-dealkylation sites (N-methyl/N-ethyl adjacent to an activating group) is 1. The van der Waals surface area contributed by atoms with Crippen molar-refractivity contribution in [3.05, 3.63) is 48.2 Å². The summed E-state index contributed by atoms with van der Waals surface area (Å²) in [5, 5.41) is 2.85. The molecular formula is C20H25F3N6O. The molecule has 2 heterocycles. The highest BCUT2D eigenvalue weighted by molar-refractivity contribution is 5.92. The van der Waals surface area contributed by atoms with Gasteiger partial charge in [-0.05, 0) is 48.5 Å². The van der Waals surface area contributed by atoms with E-state index < -0.39 is 6.36 Å². The van der Waals surface area contributed by atoms with Gasteiger partial charge in [0.1, 0.15) is 11.6 Å². The van der Waals surface area contributed by atoms with Gasteiger partial charge in [0.2, 0.25) is 0 Å². The predicted molar refractivity (Wildman–Crippen MR) is 111 cm³/mol. The van der Waals surface area contributed by atoms with Gasteiger partial charge in [-0.25, -0.2) is 9.98 Å². The fourth-order valence-electron chi connectivity index (χ4n) is 3.13. The third-order valence-electron chi connectivity index (χ3n) is 4.75. The molecule has 3 N–H and O–H groups in total. The number of rotatable bonds is 6. The Morgan fingerprint density at radius 2 is 1.87 bits per heavy atom. The van der Waals surface area contributed by atoms with Gasteiger partial charge < -0.3 is 25.6 Å². The summed E-state index contributed by atoms with van der Waals surface area (Å²) in [6, 6.07) is 9.16. The van der Waals surface area contributed by atoms with Gasteiger partial charge in [-0.3, -0.25) is 0 Å². The first-order chi connectivity index (χ1) is 14.3. The van der Waals surface area contributed by atoms with Crippen LogP contribution in [0.4, 0.5) is 24.7 Å². The number of halogens is 3. The van der Waals surface area contributed by atoms with Gasteiger partial charge in [0.05, 0.1) is 6.54 Å². The zero-order valence-corrected chi connectivity index (χ0v) is 16.7. The number of piperazine rings is 1. The third-order valence-corrected chi connectivity index (χ3v) is 4.75. The molecule has 1 aromatic carbocycles. The number of alkyl halides is 3. The molecule has 0 saturated carbocycles. The number of guanidine groups is 1. The monoisotopic (exact) mass is 422 g/mol. The normalized spacial score (nSPS) is 15.9. The van der Waals surface area contributed by atoms with Crippen LogP contribution in [0.5, 0.6) is 5.75 Å². The molecule has 162 valence electrons. The lowest BCUT2D eigenvalue weighted by Crippen LogP contribution is -2.46. The number of hydrogen-bond donors (Lipinski definition) is 2. The van der Waals surface area contributed by atoms with Crippen LogP contribution < -0.4 is 20.7 Å². The summed E-state index contributed by atoms with van der Waals surface area (Å²) >= 11 is 0. The Morgan fingerprint density at radius 1 is 1.17 bits per heavy atom. The molecule has 1 fully saturated rings. The second kappa shape index (κ2) is 9.66. The molecule has 0 atom stereocenters. The van der Waals surface area contributed by atoms with Gasteiger partial charge >= 0.3 is 6.36 Å². The molecule has 30 heavy (non-hydrogen) atoms. The molecule has 1 aliphatic heterocycles. The average Bonchev–Trinajstić information content (AvgIpc) is 2.73. The molecule has 10 heteroatoms. The number of pyridine rings is 1. The number of nitrogens with two attached hydrogens (primary N) is 1. The maximum atomic E-state index is 12.2. The Labute approximate surface area is 173 Å². The van der Waals surface area contributed by atoms with Crippen molar-refractivity contribution in [1.29, 1.82) is 0 Å². The van der Waals surface area contributed by atoms with Gasteiger partial charge in [-0.15, -0.1) is 13.2 Å². The van der Waals surface area contributed by atoms with Crippen LogP contribution in [0.25, 0.3) is 0 Å². The van der Waals surface area contributed by atoms with Crippen LogP contribution >= 0.6 is 0 Å². The molecule has 3 rings (SSSR count). The summed E-state index contributed by atoms with van der Waals surface area (Å²) < 4.78 is 40.5. The summed E-state index contributed by atoms with van der Waals surface area (Å²) in [5.41, 5.74) is 7.38. The smallest absolute Gasteiger partial charge is 0.406 e. The Kier molecular flexibility index (Phi) is 6.99. The fourth-order valence-corrected chi connectivity index (χ4v) is 3.13. The highest BCUT2D eigenvalue weighted by Crippen LogP contribution is 2.24. The maximum absolute atomic E-state index is 12.2. The van der Waals surface area contributed by atoms with Crippen molar-refractivity contribution in [2.75, 3.05) is 42.9 Å². The van der Waals surface area contributed by atoms with Gasteiger partial charge in [0.25, 0.3) is 0 Å². The number of nitrogens with one attached hydrogen (secondary N) is 1. The van der Waals surface area contributed by atoms with Crippen LogP contribution in [-0.2, 0) is 6.54 Å². The van der Waals surface area contributed by atoms with E-state index in [1.54, 1.807) is 6.20 Å². The average molecular weight is 422 g/mol. The number of anilines is 2. The minimum absolute atomic E-state index is 0.161. The van der Waals surface area contributed by atoms with Crippen molar-refractivity contribution >= 4 is 17.5 Å². The van der Waals surface area contributed by atoms with E-state index in [-0.39, 0.29) is 11.7 Å². The Bertz CT molecular complexity index is 848. The lowest BCUT2D eigenvalue weighted by Gasteiger charge is -2.34. The Balaban J connectivity index is 1.55. The van der Waals surface area contributed by atoms with E-state index in [2.05, 4.69) is 36.8 Å². The van der Waals surface area contributed by atoms with Crippen molar-refractivity contribution in [1.82, 2.24) is 9.88 Å². The molecule has 0 radical (unpaired) electrons. The summed E-state index contributed by atoms with van der Waals surface area (Å²) in [6.07, 6.45) is -2.96. The minimum Gasteiger partial charge on any atom is -0.406 e. The quantitative estimate of drug-likeness (QED) is 0.550. The molecule has 0 bridgehead atoms. The lowest BCUT2D eigenvalue weighted by atomic mass is 10.2. The number of benzene rings is 1. The molecule has 2 aromatic rings. The first-order valence-electron chi connectivity index (χ1n) is 9.67. The fraction of sp³-hybridized carbons (Fsp3) is 0.400. The van der Waals surface area contributed by atoms with Crippen molar-refractivity contribution < 1.29 is 17.9 Å². The molecule has 0 amide bonds. The largest absolute Gasteiger partial charge is 0.573 e. The zero-order chi connectivity index (χ0) is 21.6. The number of nitrogens with zero attached hydrogens (tertiary/aromatic N) is 4. The minimum atomic E-state index is -4.72. The number of aromatic nitrogens is 1. The molecule has 7 nitrogen and oxygen atoms in total. The van der Waals surface area contributed by atoms with Crippen molar-refractivity contribution in [3.63, 3.8) is 0 Å². The molecule has 1 aromatic heterocycles.